The average Bonchev–Trinajstić information content (AvgIpc) is 3.57. The summed E-state index contributed by atoms with van der Waals surface area (Å²) in [5.74, 6) is -3.25. The molecule has 2 aromatic heterocycles. The minimum Gasteiger partial charge on any atom is -0.480 e. The molecule has 168 valence electrons. The molecule has 0 bridgehead atoms. The Balaban J connectivity index is 1.65. The molecule has 1 saturated carbocycles. The molecule has 0 spiro atoms. The summed E-state index contributed by atoms with van der Waals surface area (Å²) in [5, 5.41) is 6.43. The van der Waals surface area contributed by atoms with E-state index in [1.807, 2.05) is 0 Å². The summed E-state index contributed by atoms with van der Waals surface area (Å²) in [5.41, 5.74) is 0.808. The lowest BCUT2D eigenvalue weighted by Gasteiger charge is -2.25. The molecule has 12 heteroatoms. The van der Waals surface area contributed by atoms with Crippen molar-refractivity contribution >= 4 is 62.9 Å². The van der Waals surface area contributed by atoms with E-state index in [0.717, 1.165) is 0 Å². The largest absolute Gasteiger partial charge is 0.480 e. The van der Waals surface area contributed by atoms with E-state index in [4.69, 9.17) is 39.5 Å². The molecule has 3 heterocycles. The van der Waals surface area contributed by atoms with Gasteiger partial charge in [-0.2, -0.15) is 4.98 Å². The van der Waals surface area contributed by atoms with Crippen molar-refractivity contribution < 1.29 is 13.5 Å². The lowest BCUT2D eigenvalue weighted by atomic mass is 10.0. The zero-order chi connectivity index (χ0) is 22.8. The van der Waals surface area contributed by atoms with Crippen LogP contribution in [-0.4, -0.2) is 33.1 Å². The van der Waals surface area contributed by atoms with Crippen LogP contribution >= 0.6 is 34.8 Å². The molecule has 0 unspecified atom stereocenters. The summed E-state index contributed by atoms with van der Waals surface area (Å²) >= 11 is 18.0. The molecule has 1 aromatic carbocycles. The van der Waals surface area contributed by atoms with Gasteiger partial charge in [0.05, 0.1) is 17.2 Å². The Morgan fingerprint density at radius 1 is 1.25 bits per heavy atom. The molecule has 3 aromatic rings. The van der Waals surface area contributed by atoms with Crippen LogP contribution in [-0.2, 0) is 7.05 Å². The Labute approximate surface area is 195 Å². The number of aromatic nitrogens is 3. The third-order valence-corrected chi connectivity index (χ3v) is 6.55. The highest BCUT2D eigenvalue weighted by atomic mass is 35.5. The van der Waals surface area contributed by atoms with Gasteiger partial charge in [-0.3, -0.25) is 4.79 Å². The van der Waals surface area contributed by atoms with Crippen LogP contribution in [0.1, 0.15) is 12.8 Å². The van der Waals surface area contributed by atoms with E-state index in [1.54, 1.807) is 25.2 Å². The highest BCUT2D eigenvalue weighted by molar-refractivity contribution is 6.43. The van der Waals surface area contributed by atoms with E-state index in [1.165, 1.54) is 4.57 Å². The standard InChI is InChI=1S/C20H16Cl3F2N5O2/c1-30-11-5-4-9(26-17-12(21)16(22)28-19(23)29-17)6-10(11)13-14(18(30)31)32-7-20(24,25)15(27-13)8-2-3-8/h4-6,8,15,27H,2-3,7H2,1H3,(H,26,28,29)/t15-/m0/s1. The molecule has 1 fully saturated rings. The van der Waals surface area contributed by atoms with Crippen molar-refractivity contribution in [3.8, 4) is 5.75 Å². The van der Waals surface area contributed by atoms with Gasteiger partial charge in [-0.1, -0.05) is 23.2 Å². The second-order valence-corrected chi connectivity index (χ2v) is 8.95. The Bertz CT molecular complexity index is 1310. The van der Waals surface area contributed by atoms with E-state index in [-0.39, 0.29) is 38.6 Å². The molecule has 32 heavy (non-hydrogen) atoms. The Morgan fingerprint density at radius 3 is 2.72 bits per heavy atom. The van der Waals surface area contributed by atoms with Crippen LogP contribution < -0.4 is 20.9 Å². The van der Waals surface area contributed by atoms with Crippen molar-refractivity contribution in [2.24, 2.45) is 13.0 Å². The highest BCUT2D eigenvalue weighted by Gasteiger charge is 2.51. The van der Waals surface area contributed by atoms with Crippen LogP contribution in [0.5, 0.6) is 5.75 Å². The number of pyridine rings is 1. The van der Waals surface area contributed by atoms with Gasteiger partial charge in [0.2, 0.25) is 11.0 Å². The van der Waals surface area contributed by atoms with Crippen molar-refractivity contribution in [2.45, 2.75) is 24.8 Å². The second-order valence-electron chi connectivity index (χ2n) is 7.88. The van der Waals surface area contributed by atoms with Gasteiger partial charge in [0.25, 0.3) is 5.56 Å². The van der Waals surface area contributed by atoms with Crippen LogP contribution in [0.25, 0.3) is 10.9 Å². The molecule has 0 radical (unpaired) electrons. The van der Waals surface area contributed by atoms with Crippen molar-refractivity contribution in [1.29, 1.82) is 0 Å². The molecule has 2 N–H and O–H groups in total. The van der Waals surface area contributed by atoms with Gasteiger partial charge in [-0.25, -0.2) is 13.8 Å². The molecular formula is C20H16Cl3F2N5O2. The number of nitrogens with zero attached hydrogens (tertiary/aromatic N) is 3. The van der Waals surface area contributed by atoms with Crippen molar-refractivity contribution in [3.05, 3.63) is 44.0 Å². The number of ether oxygens (including phenoxy) is 1. The fourth-order valence-corrected chi connectivity index (χ4v) is 4.41. The molecule has 1 atom stereocenters. The summed E-state index contributed by atoms with van der Waals surface area (Å²) in [4.78, 5) is 20.7. The zero-order valence-corrected chi connectivity index (χ0v) is 18.8. The molecule has 5 rings (SSSR count). The van der Waals surface area contributed by atoms with Crippen LogP contribution in [0.4, 0.5) is 26.0 Å². The minimum atomic E-state index is -3.12. The second kappa shape index (κ2) is 7.60. The number of rotatable bonds is 3. The summed E-state index contributed by atoms with van der Waals surface area (Å²) in [7, 11) is 1.56. The molecule has 1 aliphatic carbocycles. The van der Waals surface area contributed by atoms with E-state index in [2.05, 4.69) is 20.6 Å². The normalized spacial score (nSPS) is 19.6. The van der Waals surface area contributed by atoms with Gasteiger partial charge >= 0.3 is 5.92 Å². The number of anilines is 3. The number of aryl methyl sites for hydroxylation is 1. The first-order valence-corrected chi connectivity index (χ1v) is 10.9. The number of halogens is 5. The third kappa shape index (κ3) is 3.62. The number of hydrogen-bond acceptors (Lipinski definition) is 6. The van der Waals surface area contributed by atoms with Crippen molar-refractivity contribution in [2.75, 3.05) is 17.2 Å². The summed E-state index contributed by atoms with van der Waals surface area (Å²) in [6.45, 7) is -0.861. The van der Waals surface area contributed by atoms with Gasteiger partial charge < -0.3 is 19.9 Å². The first-order valence-electron chi connectivity index (χ1n) is 9.75. The van der Waals surface area contributed by atoms with Gasteiger partial charge in [-0.15, -0.1) is 0 Å². The lowest BCUT2D eigenvalue weighted by molar-refractivity contribution is -0.0579. The average molecular weight is 503 g/mol. The molecule has 0 saturated heterocycles. The Morgan fingerprint density at radius 2 is 2.00 bits per heavy atom. The van der Waals surface area contributed by atoms with Gasteiger partial charge in [0, 0.05) is 18.1 Å². The number of hydrogen-bond donors (Lipinski definition) is 2. The zero-order valence-electron chi connectivity index (χ0n) is 16.6. The monoisotopic (exact) mass is 501 g/mol. The first-order chi connectivity index (χ1) is 15.2. The summed E-state index contributed by atoms with van der Waals surface area (Å²) in [6.07, 6.45) is 1.40. The van der Waals surface area contributed by atoms with Crippen molar-refractivity contribution in [1.82, 2.24) is 14.5 Å². The SMILES string of the molecule is Cn1c(=O)c2c(c3cc(Nc4nc(Cl)nc(Cl)c4Cl)ccc31)N[C@@H](C1CC1)C(F)(F)CO2. The maximum absolute atomic E-state index is 14.7. The number of benzene rings is 1. The summed E-state index contributed by atoms with van der Waals surface area (Å²) in [6, 6.07) is 3.95. The Hall–Kier alpha value is -2.36. The number of alkyl halides is 2. The molecule has 2 aliphatic rings. The number of nitrogens with one attached hydrogen (secondary N) is 2. The van der Waals surface area contributed by atoms with Gasteiger partial charge in [-0.05, 0) is 48.6 Å². The fourth-order valence-electron chi connectivity index (χ4n) is 3.90. The molecule has 0 amide bonds. The summed E-state index contributed by atoms with van der Waals surface area (Å²) < 4.78 is 36.2. The molecule has 7 nitrogen and oxygen atoms in total. The van der Waals surface area contributed by atoms with Crippen LogP contribution in [0.15, 0.2) is 23.0 Å². The maximum Gasteiger partial charge on any atom is 0.301 e. The lowest BCUT2D eigenvalue weighted by Crippen LogP contribution is -2.44. The Kier molecular flexibility index (Phi) is 5.11. The number of fused-ring (bicyclic) bond motifs is 3. The van der Waals surface area contributed by atoms with Crippen molar-refractivity contribution in [3.63, 3.8) is 0 Å². The molecule has 1 aliphatic heterocycles. The topological polar surface area (TPSA) is 81.1 Å². The predicted molar refractivity (Wildman–Crippen MR) is 120 cm³/mol. The maximum atomic E-state index is 14.7. The highest BCUT2D eigenvalue weighted by Crippen LogP contribution is 2.45. The van der Waals surface area contributed by atoms with E-state index in [0.29, 0.717) is 29.4 Å². The first kappa shape index (κ1) is 21.5. The van der Waals surface area contributed by atoms with Crippen LogP contribution in [0.2, 0.25) is 15.5 Å². The van der Waals surface area contributed by atoms with E-state index >= 15 is 0 Å². The predicted octanol–water partition coefficient (Wildman–Crippen LogP) is 5.25. The van der Waals surface area contributed by atoms with Gasteiger partial charge in [0.1, 0.15) is 5.02 Å². The van der Waals surface area contributed by atoms with Crippen LogP contribution in [0.3, 0.4) is 0 Å². The van der Waals surface area contributed by atoms with E-state index in [9.17, 15) is 13.6 Å². The van der Waals surface area contributed by atoms with E-state index < -0.39 is 24.1 Å². The quantitative estimate of drug-likeness (QED) is 0.376. The van der Waals surface area contributed by atoms with Gasteiger partial charge in [0.15, 0.2) is 17.6 Å². The smallest absolute Gasteiger partial charge is 0.301 e. The fraction of sp³-hybridized carbons (Fsp3) is 0.350. The molecular weight excluding hydrogens is 487 g/mol. The van der Waals surface area contributed by atoms with Crippen LogP contribution in [0, 0.1) is 5.92 Å². The third-order valence-electron chi connectivity index (χ3n) is 5.66. The minimum absolute atomic E-state index is 0.0178.